The fourth-order valence-corrected chi connectivity index (χ4v) is 4.89. The van der Waals surface area contributed by atoms with Crippen LogP contribution in [0.5, 0.6) is 11.5 Å². The first-order chi connectivity index (χ1) is 15.1. The van der Waals surface area contributed by atoms with Gasteiger partial charge in [0, 0.05) is 33.5 Å². The Morgan fingerprint density at radius 3 is 2.71 bits per heavy atom. The lowest BCUT2D eigenvalue weighted by Crippen LogP contribution is -2.87. The van der Waals surface area contributed by atoms with Crippen molar-refractivity contribution in [2.45, 2.75) is 19.1 Å². The molecule has 0 aliphatic carbocycles. The number of fused-ring (bicyclic) bond motifs is 3. The van der Waals surface area contributed by atoms with Gasteiger partial charge in [0.1, 0.15) is 18.1 Å². The van der Waals surface area contributed by atoms with E-state index in [4.69, 9.17) is 32.7 Å². The van der Waals surface area contributed by atoms with E-state index in [1.807, 2.05) is 6.07 Å². The van der Waals surface area contributed by atoms with Gasteiger partial charge in [0.15, 0.2) is 6.04 Å². The summed E-state index contributed by atoms with van der Waals surface area (Å²) in [7, 11) is 1.68. The minimum Gasteiger partial charge on any atom is -0.496 e. The van der Waals surface area contributed by atoms with E-state index in [1.165, 1.54) is 27.7 Å². The molecule has 1 atom stereocenters. The maximum atomic E-state index is 6.27. The van der Waals surface area contributed by atoms with Crippen molar-refractivity contribution in [3.63, 3.8) is 0 Å². The van der Waals surface area contributed by atoms with Gasteiger partial charge in [-0.2, -0.15) is 0 Å². The Kier molecular flexibility index (Phi) is 5.53. The molecule has 1 aromatic heterocycles. The highest BCUT2D eigenvalue weighted by Crippen LogP contribution is 2.33. The highest BCUT2D eigenvalue weighted by molar-refractivity contribution is 6.35. The molecule has 4 nitrogen and oxygen atoms in total. The van der Waals surface area contributed by atoms with E-state index in [1.54, 1.807) is 25.3 Å². The molecule has 1 aliphatic rings. The van der Waals surface area contributed by atoms with Crippen molar-refractivity contribution in [3.8, 4) is 11.5 Å². The second kappa shape index (κ2) is 8.46. The van der Waals surface area contributed by atoms with E-state index in [9.17, 15) is 0 Å². The summed E-state index contributed by atoms with van der Waals surface area (Å²) in [5.41, 5.74) is 6.09. The largest absolute Gasteiger partial charge is 0.496 e. The number of hydrogen-bond acceptors (Lipinski definition) is 2. The number of methoxy groups -OCH3 is 1. The van der Waals surface area contributed by atoms with Crippen molar-refractivity contribution < 1.29 is 14.8 Å². The Balaban J connectivity index is 1.47. The first kappa shape index (κ1) is 20.3. The lowest BCUT2D eigenvalue weighted by atomic mass is 9.93. The summed E-state index contributed by atoms with van der Waals surface area (Å²) in [5, 5.41) is 4.79. The monoisotopic (exact) mass is 453 g/mol. The number of ether oxygens (including phenoxy) is 2. The summed E-state index contributed by atoms with van der Waals surface area (Å²) >= 11 is 12.3. The standard InChI is InChI=1S/C25H22Cl2N2O2/c1-30-22-8-6-15(12-16(22)14-31-23-9-7-17(26)13-20(23)27)24-25-19(10-11-28-24)18-4-2-3-5-21(18)29-25/h2-9,12-13,24,28-29H,10-11,14H2,1H3/p+1/t24-/m0/s1. The van der Waals surface area contributed by atoms with Gasteiger partial charge in [0.25, 0.3) is 0 Å². The lowest BCUT2D eigenvalue weighted by molar-refractivity contribution is -0.690. The van der Waals surface area contributed by atoms with Gasteiger partial charge in [0.05, 0.1) is 24.4 Å². The predicted molar refractivity (Wildman–Crippen MR) is 124 cm³/mol. The molecule has 3 aromatic carbocycles. The number of nitrogens with two attached hydrogens (primary N) is 1. The van der Waals surface area contributed by atoms with Crippen LogP contribution in [0.25, 0.3) is 10.9 Å². The van der Waals surface area contributed by atoms with E-state index in [0.29, 0.717) is 22.4 Å². The molecule has 158 valence electrons. The van der Waals surface area contributed by atoms with E-state index in [0.717, 1.165) is 24.3 Å². The van der Waals surface area contributed by atoms with Crippen molar-refractivity contribution in [1.29, 1.82) is 0 Å². The first-order valence-corrected chi connectivity index (χ1v) is 11.1. The van der Waals surface area contributed by atoms with Crippen LogP contribution in [0.3, 0.4) is 0 Å². The number of benzene rings is 3. The minimum atomic E-state index is 0.208. The number of aromatic nitrogens is 1. The van der Waals surface area contributed by atoms with Crippen molar-refractivity contribution >= 4 is 34.1 Å². The van der Waals surface area contributed by atoms with Crippen LogP contribution in [0, 0.1) is 0 Å². The summed E-state index contributed by atoms with van der Waals surface area (Å²) in [4.78, 5) is 3.66. The Morgan fingerprint density at radius 2 is 1.87 bits per heavy atom. The first-order valence-electron chi connectivity index (χ1n) is 10.3. The number of aromatic amines is 1. The Morgan fingerprint density at radius 1 is 1.03 bits per heavy atom. The molecule has 31 heavy (non-hydrogen) atoms. The molecular formula is C25H23Cl2N2O2+. The number of quaternary nitrogens is 1. The molecule has 6 heteroatoms. The normalized spacial score (nSPS) is 15.6. The van der Waals surface area contributed by atoms with Crippen LogP contribution >= 0.6 is 23.2 Å². The Labute approximate surface area is 191 Å². The summed E-state index contributed by atoms with van der Waals surface area (Å²) in [6, 6.07) is 20.3. The molecule has 4 aromatic rings. The summed E-state index contributed by atoms with van der Waals surface area (Å²) in [6.07, 6.45) is 1.07. The van der Waals surface area contributed by atoms with Crippen LogP contribution in [0.2, 0.25) is 10.0 Å². The van der Waals surface area contributed by atoms with Gasteiger partial charge in [-0.3, -0.25) is 0 Å². The molecule has 0 fully saturated rings. The highest BCUT2D eigenvalue weighted by atomic mass is 35.5. The van der Waals surface area contributed by atoms with Crippen molar-refractivity contribution in [3.05, 3.63) is 93.1 Å². The van der Waals surface area contributed by atoms with Gasteiger partial charge >= 0.3 is 0 Å². The van der Waals surface area contributed by atoms with Crippen molar-refractivity contribution in [1.82, 2.24) is 4.98 Å². The van der Waals surface area contributed by atoms with Crippen molar-refractivity contribution in [2.24, 2.45) is 0 Å². The van der Waals surface area contributed by atoms with Crippen LogP contribution in [0.15, 0.2) is 60.7 Å². The average Bonchev–Trinajstić information content (AvgIpc) is 3.17. The topological polar surface area (TPSA) is 50.9 Å². The van der Waals surface area contributed by atoms with Crippen LogP contribution in [0.4, 0.5) is 0 Å². The van der Waals surface area contributed by atoms with Gasteiger partial charge in [0.2, 0.25) is 0 Å². The molecule has 0 saturated carbocycles. The number of nitrogens with one attached hydrogen (secondary N) is 1. The van der Waals surface area contributed by atoms with E-state index < -0.39 is 0 Å². The fourth-order valence-electron chi connectivity index (χ4n) is 4.42. The minimum absolute atomic E-state index is 0.208. The highest BCUT2D eigenvalue weighted by Gasteiger charge is 2.29. The molecule has 3 N–H and O–H groups in total. The zero-order chi connectivity index (χ0) is 21.4. The fraction of sp³-hybridized carbons (Fsp3) is 0.200. The molecule has 5 rings (SSSR count). The van der Waals surface area contributed by atoms with Crippen molar-refractivity contribution in [2.75, 3.05) is 13.7 Å². The quantitative estimate of drug-likeness (QED) is 0.432. The molecule has 0 bridgehead atoms. The predicted octanol–water partition coefficient (Wildman–Crippen LogP) is 5.27. The van der Waals surface area contributed by atoms with Gasteiger partial charge in [-0.1, -0.05) is 41.4 Å². The Bertz CT molecular complexity index is 1250. The van der Waals surface area contributed by atoms with Crippen LogP contribution < -0.4 is 14.8 Å². The maximum Gasteiger partial charge on any atom is 0.153 e. The van der Waals surface area contributed by atoms with Gasteiger partial charge in [-0.05, 0) is 48.0 Å². The third kappa shape index (κ3) is 3.87. The summed E-state index contributed by atoms with van der Waals surface area (Å²) in [6.45, 7) is 1.41. The SMILES string of the molecule is COc1ccc([C@@H]2[NH2+]CCc3c2[nH]c2ccccc32)cc1COc1ccc(Cl)cc1Cl. The second-order valence-electron chi connectivity index (χ2n) is 7.75. The maximum absolute atomic E-state index is 6.27. The number of H-pyrrole nitrogens is 1. The number of rotatable bonds is 5. The summed E-state index contributed by atoms with van der Waals surface area (Å²) < 4.78 is 11.6. The molecule has 0 saturated heterocycles. The van der Waals surface area contributed by atoms with Crippen LogP contribution in [-0.4, -0.2) is 18.6 Å². The Hall–Kier alpha value is -2.66. The number of halogens is 2. The third-order valence-electron chi connectivity index (χ3n) is 5.90. The van der Waals surface area contributed by atoms with Gasteiger partial charge in [-0.15, -0.1) is 0 Å². The molecule has 0 amide bonds. The zero-order valence-corrected chi connectivity index (χ0v) is 18.6. The lowest BCUT2D eigenvalue weighted by Gasteiger charge is -2.22. The van der Waals surface area contributed by atoms with Crippen LogP contribution in [0.1, 0.15) is 28.4 Å². The second-order valence-corrected chi connectivity index (χ2v) is 8.59. The van der Waals surface area contributed by atoms with E-state index >= 15 is 0 Å². The molecule has 0 unspecified atom stereocenters. The van der Waals surface area contributed by atoms with E-state index in [-0.39, 0.29) is 6.04 Å². The molecule has 0 radical (unpaired) electrons. The van der Waals surface area contributed by atoms with Gasteiger partial charge < -0.3 is 19.8 Å². The van der Waals surface area contributed by atoms with E-state index in [2.05, 4.69) is 46.7 Å². The third-order valence-corrected chi connectivity index (χ3v) is 6.43. The molecule has 2 heterocycles. The number of hydrogen-bond donors (Lipinski definition) is 2. The molecular weight excluding hydrogens is 431 g/mol. The smallest absolute Gasteiger partial charge is 0.153 e. The van der Waals surface area contributed by atoms with Crippen LogP contribution in [-0.2, 0) is 13.0 Å². The zero-order valence-electron chi connectivity index (χ0n) is 17.1. The average molecular weight is 454 g/mol. The number of para-hydroxylation sites is 1. The molecule has 0 spiro atoms. The van der Waals surface area contributed by atoms with Gasteiger partial charge in [-0.25, -0.2) is 0 Å². The summed E-state index contributed by atoms with van der Waals surface area (Å²) in [5.74, 6) is 1.39. The molecule has 1 aliphatic heterocycles.